The molecule has 0 fully saturated rings. The molecule has 3 heteroatoms. The predicted molar refractivity (Wildman–Crippen MR) is 71.0 cm³/mol. The predicted octanol–water partition coefficient (Wildman–Crippen LogP) is 2.87. The Morgan fingerprint density at radius 2 is 1.81 bits per heavy atom. The standard InChI is InChI=1S/C13H21NO.ClH/c1-4-10-14(3)11(2)13(15)12-8-6-5-7-9-12;/h5-9,11,13,15H,4,10H2,1-3H3;1H. The van der Waals surface area contributed by atoms with E-state index in [0.29, 0.717) is 0 Å². The number of rotatable bonds is 5. The third-order valence-electron chi connectivity index (χ3n) is 2.87. The van der Waals surface area contributed by atoms with Crippen molar-refractivity contribution < 1.29 is 5.11 Å². The van der Waals surface area contributed by atoms with Gasteiger partial charge in [0.25, 0.3) is 0 Å². The normalized spacial score (nSPS) is 14.3. The molecule has 1 rings (SSSR count). The highest BCUT2D eigenvalue weighted by atomic mass is 35.5. The van der Waals surface area contributed by atoms with E-state index in [1.807, 2.05) is 30.3 Å². The van der Waals surface area contributed by atoms with Gasteiger partial charge in [0.2, 0.25) is 0 Å². The van der Waals surface area contributed by atoms with Crippen molar-refractivity contribution in [1.82, 2.24) is 4.90 Å². The van der Waals surface area contributed by atoms with Crippen molar-refractivity contribution in [2.24, 2.45) is 0 Å². The lowest BCUT2D eigenvalue weighted by Crippen LogP contribution is -2.34. The summed E-state index contributed by atoms with van der Waals surface area (Å²) in [5.41, 5.74) is 0.993. The highest BCUT2D eigenvalue weighted by Gasteiger charge is 2.19. The molecule has 0 aliphatic carbocycles. The average Bonchev–Trinajstić information content (AvgIpc) is 2.28. The van der Waals surface area contributed by atoms with Crippen LogP contribution in [0.3, 0.4) is 0 Å². The van der Waals surface area contributed by atoms with Gasteiger partial charge in [0, 0.05) is 6.04 Å². The van der Waals surface area contributed by atoms with Crippen LogP contribution in [0.15, 0.2) is 30.3 Å². The van der Waals surface area contributed by atoms with Gasteiger partial charge in [-0.3, -0.25) is 0 Å². The Bertz CT molecular complexity index is 279. The summed E-state index contributed by atoms with van der Waals surface area (Å²) >= 11 is 0. The van der Waals surface area contributed by atoms with Crippen LogP contribution in [-0.2, 0) is 0 Å². The first-order chi connectivity index (χ1) is 7.16. The van der Waals surface area contributed by atoms with Crippen molar-refractivity contribution >= 4 is 12.4 Å². The van der Waals surface area contributed by atoms with Gasteiger partial charge < -0.3 is 10.0 Å². The summed E-state index contributed by atoms with van der Waals surface area (Å²) in [4.78, 5) is 2.19. The molecule has 0 aliphatic rings. The van der Waals surface area contributed by atoms with E-state index in [1.54, 1.807) is 0 Å². The van der Waals surface area contributed by atoms with Crippen molar-refractivity contribution in [3.63, 3.8) is 0 Å². The highest BCUT2D eigenvalue weighted by molar-refractivity contribution is 5.85. The van der Waals surface area contributed by atoms with Crippen LogP contribution < -0.4 is 0 Å². The fourth-order valence-corrected chi connectivity index (χ4v) is 1.73. The first-order valence-corrected chi connectivity index (χ1v) is 5.60. The van der Waals surface area contributed by atoms with Crippen LogP contribution in [0.2, 0.25) is 0 Å². The second-order valence-electron chi connectivity index (χ2n) is 4.08. The van der Waals surface area contributed by atoms with Crippen LogP contribution in [0.5, 0.6) is 0 Å². The summed E-state index contributed by atoms with van der Waals surface area (Å²) in [5, 5.41) is 10.1. The van der Waals surface area contributed by atoms with Gasteiger partial charge in [0.15, 0.2) is 0 Å². The minimum absolute atomic E-state index is 0. The molecular formula is C13H22ClNO. The summed E-state index contributed by atoms with van der Waals surface area (Å²) in [6.07, 6.45) is 0.713. The monoisotopic (exact) mass is 243 g/mol. The number of aliphatic hydroxyl groups excluding tert-OH is 1. The van der Waals surface area contributed by atoms with Crippen LogP contribution in [0.25, 0.3) is 0 Å². The van der Waals surface area contributed by atoms with Crippen molar-refractivity contribution in [1.29, 1.82) is 0 Å². The zero-order chi connectivity index (χ0) is 11.3. The third kappa shape index (κ3) is 4.12. The SMILES string of the molecule is CCCN(C)C(C)C(O)c1ccccc1.Cl. The van der Waals surface area contributed by atoms with E-state index in [1.165, 1.54) is 0 Å². The molecule has 0 bridgehead atoms. The molecule has 1 aromatic carbocycles. The maximum atomic E-state index is 10.1. The molecule has 0 saturated carbocycles. The molecule has 0 radical (unpaired) electrons. The maximum Gasteiger partial charge on any atom is 0.0942 e. The largest absolute Gasteiger partial charge is 0.387 e. The van der Waals surface area contributed by atoms with Gasteiger partial charge in [0.05, 0.1) is 6.10 Å². The average molecular weight is 244 g/mol. The van der Waals surface area contributed by atoms with Crippen LogP contribution >= 0.6 is 12.4 Å². The van der Waals surface area contributed by atoms with Gasteiger partial charge in [-0.2, -0.15) is 0 Å². The number of aliphatic hydroxyl groups is 1. The number of benzene rings is 1. The molecule has 0 amide bonds. The minimum atomic E-state index is -0.400. The number of nitrogens with zero attached hydrogens (tertiary/aromatic N) is 1. The lowest BCUT2D eigenvalue weighted by Gasteiger charge is -2.28. The fourth-order valence-electron chi connectivity index (χ4n) is 1.73. The molecule has 92 valence electrons. The fraction of sp³-hybridized carbons (Fsp3) is 0.538. The third-order valence-corrected chi connectivity index (χ3v) is 2.87. The Hall–Kier alpha value is -0.570. The topological polar surface area (TPSA) is 23.5 Å². The second-order valence-corrected chi connectivity index (χ2v) is 4.08. The molecule has 2 unspecified atom stereocenters. The van der Waals surface area contributed by atoms with Gasteiger partial charge in [-0.1, -0.05) is 37.3 Å². The van der Waals surface area contributed by atoms with E-state index in [9.17, 15) is 5.11 Å². The van der Waals surface area contributed by atoms with Crippen LogP contribution in [0.1, 0.15) is 31.9 Å². The number of hydrogen-bond donors (Lipinski definition) is 1. The smallest absolute Gasteiger partial charge is 0.0942 e. The molecule has 0 aromatic heterocycles. The highest BCUT2D eigenvalue weighted by Crippen LogP contribution is 2.19. The molecule has 0 spiro atoms. The molecule has 1 aromatic rings. The summed E-state index contributed by atoms with van der Waals surface area (Å²) in [6.45, 7) is 5.23. The Morgan fingerprint density at radius 1 is 1.25 bits per heavy atom. The molecule has 0 aliphatic heterocycles. The molecule has 0 heterocycles. The van der Waals surface area contributed by atoms with Crippen molar-refractivity contribution in [2.45, 2.75) is 32.4 Å². The van der Waals surface area contributed by atoms with Crippen LogP contribution in [-0.4, -0.2) is 29.6 Å². The van der Waals surface area contributed by atoms with E-state index in [2.05, 4.69) is 25.8 Å². The summed E-state index contributed by atoms with van der Waals surface area (Å²) in [5.74, 6) is 0. The van der Waals surface area contributed by atoms with E-state index < -0.39 is 6.10 Å². The minimum Gasteiger partial charge on any atom is -0.387 e. The van der Waals surface area contributed by atoms with Gasteiger partial charge in [-0.15, -0.1) is 12.4 Å². The van der Waals surface area contributed by atoms with Crippen molar-refractivity contribution in [2.75, 3.05) is 13.6 Å². The number of halogens is 1. The summed E-state index contributed by atoms with van der Waals surface area (Å²) in [6, 6.07) is 10.0. The van der Waals surface area contributed by atoms with Crippen LogP contribution in [0.4, 0.5) is 0 Å². The first kappa shape index (κ1) is 15.4. The van der Waals surface area contributed by atoms with Gasteiger partial charge in [-0.05, 0) is 32.5 Å². The lowest BCUT2D eigenvalue weighted by atomic mass is 10.0. The second kappa shape index (κ2) is 7.66. The Kier molecular flexibility index (Phi) is 7.39. The zero-order valence-electron chi connectivity index (χ0n) is 10.3. The van der Waals surface area contributed by atoms with Gasteiger partial charge in [-0.25, -0.2) is 0 Å². The van der Waals surface area contributed by atoms with E-state index in [0.717, 1.165) is 18.5 Å². The van der Waals surface area contributed by atoms with Gasteiger partial charge in [0.1, 0.15) is 0 Å². The van der Waals surface area contributed by atoms with Crippen molar-refractivity contribution in [3.8, 4) is 0 Å². The lowest BCUT2D eigenvalue weighted by molar-refractivity contribution is 0.0727. The molecule has 2 nitrogen and oxygen atoms in total. The summed E-state index contributed by atoms with van der Waals surface area (Å²) in [7, 11) is 2.06. The van der Waals surface area contributed by atoms with E-state index in [-0.39, 0.29) is 18.4 Å². The first-order valence-electron chi connectivity index (χ1n) is 5.60. The van der Waals surface area contributed by atoms with E-state index >= 15 is 0 Å². The van der Waals surface area contributed by atoms with Gasteiger partial charge >= 0.3 is 0 Å². The molecule has 1 N–H and O–H groups in total. The molecule has 0 saturated heterocycles. The van der Waals surface area contributed by atoms with E-state index in [4.69, 9.17) is 0 Å². The number of likely N-dealkylation sites (N-methyl/N-ethyl adjacent to an activating group) is 1. The molecular weight excluding hydrogens is 222 g/mol. The quantitative estimate of drug-likeness (QED) is 0.860. The molecule has 2 atom stereocenters. The maximum absolute atomic E-state index is 10.1. The van der Waals surface area contributed by atoms with Crippen LogP contribution in [0, 0.1) is 0 Å². The zero-order valence-corrected chi connectivity index (χ0v) is 11.1. The number of hydrogen-bond acceptors (Lipinski definition) is 2. The molecule has 16 heavy (non-hydrogen) atoms. The Labute approximate surface area is 105 Å². The Morgan fingerprint density at radius 3 is 2.31 bits per heavy atom. The Balaban J connectivity index is 0.00000225. The van der Waals surface area contributed by atoms with Crippen molar-refractivity contribution in [3.05, 3.63) is 35.9 Å². The summed E-state index contributed by atoms with van der Waals surface area (Å²) < 4.78 is 0.